The Kier molecular flexibility index (Phi) is 11.0. The molecule has 0 aromatic heterocycles. The summed E-state index contributed by atoms with van der Waals surface area (Å²) >= 11 is 0. The Morgan fingerprint density at radius 2 is 1.32 bits per heavy atom. The van der Waals surface area contributed by atoms with Crippen molar-refractivity contribution in [2.75, 3.05) is 27.4 Å². The molecule has 0 spiro atoms. The number of hydrogen-bond donors (Lipinski definition) is 2. The lowest BCUT2D eigenvalue weighted by Gasteiger charge is -2.17. The summed E-state index contributed by atoms with van der Waals surface area (Å²) in [7, 11) is 2.95. The Balaban J connectivity index is 1.80. The molecule has 0 radical (unpaired) electrons. The van der Waals surface area contributed by atoms with Gasteiger partial charge in [-0.3, -0.25) is 0 Å². The Morgan fingerprint density at radius 3 is 1.85 bits per heavy atom. The van der Waals surface area contributed by atoms with Gasteiger partial charge in [0.05, 0.1) is 20.8 Å². The SMILES string of the molecule is CCOC(=O)C(CCCCNC(=O)Oc1ccccc1OC)NC(=O)Oc1ccccc1OC. The molecule has 1 atom stereocenters. The second-order valence-electron chi connectivity index (χ2n) is 6.95. The number of methoxy groups -OCH3 is 2. The average molecular weight is 475 g/mol. The van der Waals surface area contributed by atoms with Gasteiger partial charge in [-0.2, -0.15) is 0 Å². The van der Waals surface area contributed by atoms with Crippen LogP contribution in [-0.2, 0) is 9.53 Å². The van der Waals surface area contributed by atoms with Crippen LogP contribution >= 0.6 is 0 Å². The fourth-order valence-electron chi connectivity index (χ4n) is 2.97. The van der Waals surface area contributed by atoms with Crippen LogP contribution in [0.2, 0.25) is 0 Å². The summed E-state index contributed by atoms with van der Waals surface area (Å²) in [6.45, 7) is 2.17. The largest absolute Gasteiger partial charge is 0.493 e. The van der Waals surface area contributed by atoms with Crippen molar-refractivity contribution in [1.82, 2.24) is 10.6 Å². The predicted octanol–water partition coefficient (Wildman–Crippen LogP) is 3.68. The van der Waals surface area contributed by atoms with Crippen LogP contribution in [0.15, 0.2) is 48.5 Å². The summed E-state index contributed by atoms with van der Waals surface area (Å²) < 4.78 is 25.8. The van der Waals surface area contributed by atoms with Gasteiger partial charge in [0.1, 0.15) is 6.04 Å². The molecule has 34 heavy (non-hydrogen) atoms. The van der Waals surface area contributed by atoms with Crippen molar-refractivity contribution in [3.63, 3.8) is 0 Å². The molecule has 2 aromatic carbocycles. The normalized spacial score (nSPS) is 11.0. The van der Waals surface area contributed by atoms with Crippen LogP contribution in [0, 0.1) is 0 Å². The molecule has 2 rings (SSSR count). The molecule has 0 bridgehead atoms. The molecule has 0 aliphatic heterocycles. The molecule has 2 N–H and O–H groups in total. The van der Waals surface area contributed by atoms with E-state index in [1.807, 2.05) is 0 Å². The number of benzene rings is 2. The third-order valence-electron chi connectivity index (χ3n) is 4.60. The van der Waals surface area contributed by atoms with Gasteiger partial charge >= 0.3 is 18.2 Å². The van der Waals surface area contributed by atoms with Crippen molar-refractivity contribution < 1.29 is 38.1 Å². The molecule has 2 amide bonds. The van der Waals surface area contributed by atoms with E-state index in [4.69, 9.17) is 23.7 Å². The second-order valence-corrected chi connectivity index (χ2v) is 6.95. The Morgan fingerprint density at radius 1 is 0.794 bits per heavy atom. The topological polar surface area (TPSA) is 121 Å². The van der Waals surface area contributed by atoms with Crippen molar-refractivity contribution in [3.05, 3.63) is 48.5 Å². The molecule has 0 aliphatic rings. The van der Waals surface area contributed by atoms with Crippen molar-refractivity contribution in [2.45, 2.75) is 32.2 Å². The first-order chi connectivity index (χ1) is 16.5. The van der Waals surface area contributed by atoms with Crippen LogP contribution < -0.4 is 29.6 Å². The van der Waals surface area contributed by atoms with Gasteiger partial charge in [-0.15, -0.1) is 0 Å². The van der Waals surface area contributed by atoms with Crippen molar-refractivity contribution in [1.29, 1.82) is 0 Å². The zero-order valence-electron chi connectivity index (χ0n) is 19.5. The van der Waals surface area contributed by atoms with E-state index in [1.165, 1.54) is 14.2 Å². The molecule has 10 nitrogen and oxygen atoms in total. The van der Waals surface area contributed by atoms with E-state index in [9.17, 15) is 14.4 Å². The summed E-state index contributed by atoms with van der Waals surface area (Å²) in [5, 5.41) is 5.17. The van der Waals surface area contributed by atoms with Gasteiger partial charge in [-0.25, -0.2) is 14.4 Å². The van der Waals surface area contributed by atoms with Gasteiger partial charge in [0.25, 0.3) is 0 Å². The minimum atomic E-state index is -0.900. The number of ether oxygens (including phenoxy) is 5. The first-order valence-corrected chi connectivity index (χ1v) is 10.8. The Hall–Kier alpha value is -3.95. The van der Waals surface area contributed by atoms with Crippen LogP contribution in [0.3, 0.4) is 0 Å². The predicted molar refractivity (Wildman–Crippen MR) is 123 cm³/mol. The highest BCUT2D eigenvalue weighted by molar-refractivity contribution is 5.82. The molecule has 0 saturated heterocycles. The van der Waals surface area contributed by atoms with E-state index in [0.717, 1.165) is 0 Å². The monoisotopic (exact) mass is 474 g/mol. The Bertz CT molecular complexity index is 950. The first kappa shape index (κ1) is 26.3. The zero-order valence-corrected chi connectivity index (χ0v) is 19.5. The smallest absolute Gasteiger partial charge is 0.413 e. The van der Waals surface area contributed by atoms with Gasteiger partial charge in [0.15, 0.2) is 23.0 Å². The molecule has 0 heterocycles. The van der Waals surface area contributed by atoms with Crippen molar-refractivity contribution >= 4 is 18.2 Å². The quantitative estimate of drug-likeness (QED) is 0.353. The number of nitrogens with one attached hydrogen (secondary N) is 2. The van der Waals surface area contributed by atoms with Gasteiger partial charge < -0.3 is 34.3 Å². The average Bonchev–Trinajstić information content (AvgIpc) is 2.83. The maximum absolute atomic E-state index is 12.3. The van der Waals surface area contributed by atoms with Crippen LogP contribution in [-0.4, -0.2) is 51.6 Å². The van der Waals surface area contributed by atoms with Crippen LogP contribution in [0.1, 0.15) is 26.2 Å². The number of carbonyl (C=O) groups is 3. The number of unbranched alkanes of at least 4 members (excludes halogenated alkanes) is 1. The standard InChI is InChI=1S/C24H30N2O8/c1-4-32-22(27)17(26-24(29)34-21-15-8-6-13-19(21)31-3)11-9-10-16-25-23(28)33-20-14-7-5-12-18(20)30-2/h5-8,12-15,17H,4,9-11,16H2,1-3H3,(H,25,28)(H,26,29). The van der Waals surface area contributed by atoms with E-state index in [0.29, 0.717) is 43.1 Å². The van der Waals surface area contributed by atoms with Gasteiger partial charge in [-0.05, 0) is 50.5 Å². The number of esters is 1. The summed E-state index contributed by atoms with van der Waals surface area (Å²) in [6, 6.07) is 12.6. The summed E-state index contributed by atoms with van der Waals surface area (Å²) in [5.74, 6) is 0.797. The molecule has 184 valence electrons. The summed E-state index contributed by atoms with van der Waals surface area (Å²) in [5.41, 5.74) is 0. The summed E-state index contributed by atoms with van der Waals surface area (Å²) in [4.78, 5) is 36.6. The highest BCUT2D eigenvalue weighted by Crippen LogP contribution is 2.26. The minimum Gasteiger partial charge on any atom is -0.493 e. The molecular weight excluding hydrogens is 444 g/mol. The third-order valence-corrected chi connectivity index (χ3v) is 4.60. The fourth-order valence-corrected chi connectivity index (χ4v) is 2.97. The maximum Gasteiger partial charge on any atom is 0.413 e. The fraction of sp³-hybridized carbons (Fsp3) is 0.375. The number of amides is 2. The highest BCUT2D eigenvalue weighted by Gasteiger charge is 2.23. The third kappa shape index (κ3) is 8.53. The van der Waals surface area contributed by atoms with Gasteiger partial charge in [-0.1, -0.05) is 24.3 Å². The van der Waals surface area contributed by atoms with E-state index in [-0.39, 0.29) is 12.4 Å². The lowest BCUT2D eigenvalue weighted by atomic mass is 10.1. The second kappa shape index (κ2) is 14.2. The van der Waals surface area contributed by atoms with Crippen molar-refractivity contribution in [3.8, 4) is 23.0 Å². The summed E-state index contributed by atoms with van der Waals surface area (Å²) in [6.07, 6.45) is -0.0672. The number of para-hydroxylation sites is 4. The first-order valence-electron chi connectivity index (χ1n) is 10.8. The van der Waals surface area contributed by atoms with Crippen LogP contribution in [0.5, 0.6) is 23.0 Å². The van der Waals surface area contributed by atoms with E-state index in [1.54, 1.807) is 55.5 Å². The Labute approximate surface area is 198 Å². The van der Waals surface area contributed by atoms with E-state index < -0.39 is 24.2 Å². The minimum absolute atomic E-state index is 0.176. The van der Waals surface area contributed by atoms with Crippen molar-refractivity contribution in [2.24, 2.45) is 0 Å². The van der Waals surface area contributed by atoms with E-state index >= 15 is 0 Å². The van der Waals surface area contributed by atoms with Gasteiger partial charge in [0.2, 0.25) is 0 Å². The lowest BCUT2D eigenvalue weighted by molar-refractivity contribution is -0.145. The number of carbonyl (C=O) groups excluding carboxylic acids is 3. The molecule has 10 heteroatoms. The molecule has 1 unspecified atom stereocenters. The van der Waals surface area contributed by atoms with Gasteiger partial charge in [0, 0.05) is 6.54 Å². The maximum atomic E-state index is 12.3. The molecular formula is C24H30N2O8. The molecule has 0 fully saturated rings. The van der Waals surface area contributed by atoms with E-state index in [2.05, 4.69) is 10.6 Å². The number of hydrogen-bond acceptors (Lipinski definition) is 8. The highest BCUT2D eigenvalue weighted by atomic mass is 16.6. The van der Waals surface area contributed by atoms with Crippen LogP contribution in [0.4, 0.5) is 9.59 Å². The molecule has 2 aromatic rings. The number of rotatable bonds is 12. The van der Waals surface area contributed by atoms with Crippen LogP contribution in [0.25, 0.3) is 0 Å². The molecule has 0 saturated carbocycles. The molecule has 0 aliphatic carbocycles. The lowest BCUT2D eigenvalue weighted by Crippen LogP contribution is -2.43. The zero-order chi connectivity index (χ0) is 24.8.